The van der Waals surface area contributed by atoms with Crippen LogP contribution >= 0.6 is 0 Å². The maximum Gasteiger partial charge on any atom is 0.436 e. The summed E-state index contributed by atoms with van der Waals surface area (Å²) >= 11 is 0. The quantitative estimate of drug-likeness (QED) is 0.375. The predicted octanol–water partition coefficient (Wildman–Crippen LogP) is 2.04. The number of anilines is 5. The fraction of sp³-hybridized carbons (Fsp3) is 0.483. The Bertz CT molecular complexity index is 1380. The van der Waals surface area contributed by atoms with Crippen LogP contribution in [0.25, 0.3) is 11.3 Å². The lowest BCUT2D eigenvalue weighted by Gasteiger charge is -2.28. The van der Waals surface area contributed by atoms with Crippen LogP contribution in [0.4, 0.5) is 33.9 Å². The van der Waals surface area contributed by atoms with Crippen LogP contribution in [0.5, 0.6) is 0 Å². The van der Waals surface area contributed by atoms with Crippen molar-refractivity contribution in [2.75, 3.05) is 105 Å². The third-order valence-corrected chi connectivity index (χ3v) is 7.83. The van der Waals surface area contributed by atoms with Gasteiger partial charge in [0.25, 0.3) is 0 Å². The molecule has 3 aliphatic rings. The van der Waals surface area contributed by atoms with E-state index in [2.05, 4.69) is 37.0 Å². The van der Waals surface area contributed by atoms with Gasteiger partial charge in [-0.15, -0.1) is 0 Å². The molecule has 3 N–H and O–H groups in total. The predicted molar refractivity (Wildman–Crippen MR) is 163 cm³/mol. The maximum absolute atomic E-state index is 13.0. The Kier molecular flexibility index (Phi) is 8.96. The molecule has 2 fully saturated rings. The molecule has 228 valence electrons. The Morgan fingerprint density at radius 3 is 2.42 bits per heavy atom. The first-order valence-corrected chi connectivity index (χ1v) is 14.7. The Labute approximate surface area is 250 Å². The second kappa shape index (κ2) is 13.4. The number of aromatic nitrogens is 4. The van der Waals surface area contributed by atoms with Crippen LogP contribution in [0.1, 0.15) is 12.0 Å². The van der Waals surface area contributed by atoms with Crippen molar-refractivity contribution in [2.24, 2.45) is 0 Å². The number of nitrogens with zero attached hydrogens (tertiary/aromatic N) is 8. The molecule has 14 heteroatoms. The molecular weight excluding hydrogens is 552 g/mol. The second-order valence-electron chi connectivity index (χ2n) is 10.7. The fourth-order valence-electron chi connectivity index (χ4n) is 5.43. The van der Waals surface area contributed by atoms with E-state index < -0.39 is 6.09 Å². The molecule has 0 spiro atoms. The Morgan fingerprint density at radius 2 is 1.70 bits per heavy atom. The molecular formula is C29H38N10O4. The Balaban J connectivity index is 1.10. The van der Waals surface area contributed by atoms with Gasteiger partial charge in [0.15, 0.2) is 5.82 Å². The third-order valence-electron chi connectivity index (χ3n) is 7.83. The van der Waals surface area contributed by atoms with Gasteiger partial charge in [-0.05, 0) is 37.1 Å². The Morgan fingerprint density at radius 1 is 1.00 bits per heavy atom. The number of carbonyl (C=O) groups excluding carboxylic acids is 1. The van der Waals surface area contributed by atoms with Gasteiger partial charge in [-0.2, -0.15) is 10.0 Å². The normalized spacial score (nSPS) is 17.0. The second-order valence-corrected chi connectivity index (χ2v) is 10.7. The van der Waals surface area contributed by atoms with Crippen molar-refractivity contribution in [1.82, 2.24) is 24.8 Å². The van der Waals surface area contributed by atoms with Gasteiger partial charge in [-0.1, -0.05) is 0 Å². The molecule has 5 heterocycles. The maximum atomic E-state index is 13.0. The molecule has 0 saturated carbocycles. The molecule has 0 radical (unpaired) electrons. The minimum Gasteiger partial charge on any atom is -0.379 e. The Hall–Kier alpha value is -4.27. The van der Waals surface area contributed by atoms with E-state index in [1.807, 2.05) is 24.3 Å². The molecule has 6 rings (SSSR count). The lowest BCUT2D eigenvalue weighted by molar-refractivity contribution is 0.0377. The van der Waals surface area contributed by atoms with Crippen LogP contribution in [0.3, 0.4) is 0 Å². The van der Waals surface area contributed by atoms with E-state index in [0.29, 0.717) is 62.4 Å². The van der Waals surface area contributed by atoms with E-state index in [1.165, 1.54) is 5.06 Å². The molecule has 0 atom stereocenters. The van der Waals surface area contributed by atoms with Gasteiger partial charge >= 0.3 is 6.09 Å². The molecule has 1 aromatic carbocycles. The van der Waals surface area contributed by atoms with E-state index in [-0.39, 0.29) is 5.95 Å². The zero-order valence-corrected chi connectivity index (χ0v) is 24.4. The van der Waals surface area contributed by atoms with E-state index >= 15 is 0 Å². The van der Waals surface area contributed by atoms with Crippen molar-refractivity contribution in [3.63, 3.8) is 0 Å². The molecule has 3 aliphatic heterocycles. The number of rotatable bonds is 9. The van der Waals surface area contributed by atoms with Crippen LogP contribution in [-0.4, -0.2) is 110 Å². The van der Waals surface area contributed by atoms with E-state index in [1.54, 1.807) is 12.4 Å². The number of fused-ring (bicyclic) bond motifs is 1. The average Bonchev–Trinajstić information content (AvgIpc) is 3.44. The summed E-state index contributed by atoms with van der Waals surface area (Å²) in [6, 6.07) is 7.76. The number of hydrogen-bond acceptors (Lipinski definition) is 13. The number of nitrogens with two attached hydrogens (primary N) is 1. The minimum absolute atomic E-state index is 0.188. The number of benzene rings is 1. The number of hydrogen-bond donors (Lipinski definition) is 2. The number of nitrogens with one attached hydrogen (secondary N) is 1. The first-order valence-electron chi connectivity index (χ1n) is 14.7. The van der Waals surface area contributed by atoms with Gasteiger partial charge in [-0.25, -0.2) is 19.7 Å². The number of ether oxygens (including phenoxy) is 2. The summed E-state index contributed by atoms with van der Waals surface area (Å²) in [5.74, 6) is 1.27. The van der Waals surface area contributed by atoms with E-state index in [4.69, 9.17) is 30.0 Å². The van der Waals surface area contributed by atoms with Crippen LogP contribution in [-0.2, 0) is 20.7 Å². The van der Waals surface area contributed by atoms with Gasteiger partial charge < -0.3 is 29.8 Å². The number of morpholine rings is 2. The van der Waals surface area contributed by atoms with Crippen LogP contribution in [0.15, 0.2) is 36.7 Å². The average molecular weight is 591 g/mol. The van der Waals surface area contributed by atoms with Crippen LogP contribution in [0.2, 0.25) is 0 Å². The van der Waals surface area contributed by atoms with Crippen molar-refractivity contribution in [1.29, 1.82) is 0 Å². The number of hydroxylamine groups is 1. The smallest absolute Gasteiger partial charge is 0.379 e. The zero-order chi connectivity index (χ0) is 29.6. The molecule has 3 aromatic rings. The van der Waals surface area contributed by atoms with Crippen molar-refractivity contribution in [3.05, 3.63) is 42.2 Å². The fourth-order valence-corrected chi connectivity index (χ4v) is 5.43. The third kappa shape index (κ3) is 7.04. The molecule has 1 amide bonds. The summed E-state index contributed by atoms with van der Waals surface area (Å²) in [4.78, 5) is 43.4. The topological polar surface area (TPSA) is 147 Å². The molecule has 0 bridgehead atoms. The molecule has 0 aliphatic carbocycles. The van der Waals surface area contributed by atoms with Gasteiger partial charge in [0.2, 0.25) is 11.9 Å². The lowest BCUT2D eigenvalue weighted by atomic mass is 10.1. The first-order chi connectivity index (χ1) is 21.0. The van der Waals surface area contributed by atoms with Crippen molar-refractivity contribution in [2.45, 2.75) is 12.8 Å². The minimum atomic E-state index is -0.594. The highest BCUT2D eigenvalue weighted by Crippen LogP contribution is 2.35. The number of amides is 1. The zero-order valence-electron chi connectivity index (χ0n) is 24.4. The monoisotopic (exact) mass is 590 g/mol. The van der Waals surface area contributed by atoms with Gasteiger partial charge in [0.05, 0.1) is 38.7 Å². The first kappa shape index (κ1) is 28.8. The molecule has 2 aromatic heterocycles. The summed E-state index contributed by atoms with van der Waals surface area (Å²) in [5.41, 5.74) is 9.72. The van der Waals surface area contributed by atoms with Crippen LogP contribution < -0.4 is 25.9 Å². The van der Waals surface area contributed by atoms with Gasteiger partial charge in [-0.3, -0.25) is 10.2 Å². The molecule has 43 heavy (non-hydrogen) atoms. The summed E-state index contributed by atoms with van der Waals surface area (Å²) in [6.45, 7) is 8.61. The largest absolute Gasteiger partial charge is 0.436 e. The number of nitrogen functional groups attached to an aromatic ring is 1. The summed E-state index contributed by atoms with van der Waals surface area (Å²) in [5, 5.41) is 4.36. The lowest BCUT2D eigenvalue weighted by Crippen LogP contribution is -2.37. The highest BCUT2D eigenvalue weighted by molar-refractivity contribution is 5.86. The van der Waals surface area contributed by atoms with Gasteiger partial charge in [0.1, 0.15) is 0 Å². The van der Waals surface area contributed by atoms with Gasteiger partial charge in [0, 0.05) is 81.2 Å². The highest BCUT2D eigenvalue weighted by atomic mass is 16.7. The van der Waals surface area contributed by atoms with E-state index in [9.17, 15) is 4.79 Å². The van der Waals surface area contributed by atoms with Crippen molar-refractivity contribution < 1.29 is 19.1 Å². The van der Waals surface area contributed by atoms with E-state index in [0.717, 1.165) is 62.6 Å². The van der Waals surface area contributed by atoms with Crippen LogP contribution in [0, 0.1) is 0 Å². The number of carbonyl (C=O) groups is 1. The standard InChI is InChI=1S/C29H38N10O4/c1-36(8-2-9-37-11-15-41-16-12-37)23-5-3-22(4-6-23)33-29(40)43-39-10-7-24-25(21-19-31-27(30)32-20-21)34-28(35-26(24)39)38-13-17-42-18-14-38/h3-6,19-20H,2,7-18H2,1H3,(H,33,40)(H2,30,31,32). The highest BCUT2D eigenvalue weighted by Gasteiger charge is 2.31. The molecule has 0 unspecified atom stereocenters. The molecule has 2 saturated heterocycles. The summed E-state index contributed by atoms with van der Waals surface area (Å²) < 4.78 is 10.9. The molecule has 14 nitrogen and oxygen atoms in total. The van der Waals surface area contributed by atoms with Crippen molar-refractivity contribution in [3.8, 4) is 11.3 Å². The SMILES string of the molecule is CN(CCCN1CCOCC1)c1ccc(NC(=O)ON2CCc3c(-c4cnc(N)nc4)nc(N4CCOCC4)nc32)cc1. The summed E-state index contributed by atoms with van der Waals surface area (Å²) in [6.07, 6.45) is 4.37. The van der Waals surface area contributed by atoms with Crippen molar-refractivity contribution >= 4 is 35.2 Å². The summed E-state index contributed by atoms with van der Waals surface area (Å²) in [7, 11) is 2.08.